The van der Waals surface area contributed by atoms with E-state index in [1.807, 2.05) is 24.3 Å². The molecule has 26 heavy (non-hydrogen) atoms. The van der Waals surface area contributed by atoms with Gasteiger partial charge in [-0.05, 0) is 18.1 Å². The second kappa shape index (κ2) is 8.88. The number of carbonyl (C=O) groups excluding carboxylic acids is 2. The highest BCUT2D eigenvalue weighted by Crippen LogP contribution is 2.36. The van der Waals surface area contributed by atoms with E-state index in [1.165, 1.54) is 11.8 Å². The largest absolute Gasteiger partial charge is 0.374 e. The van der Waals surface area contributed by atoms with Gasteiger partial charge in [-0.25, -0.2) is 0 Å². The SMILES string of the molecule is CC(C)CN1CCOC(CNC(=O)CC2Sc3ccccc3NC2=O)C1. The third-order valence-corrected chi connectivity index (χ3v) is 5.73. The van der Waals surface area contributed by atoms with Gasteiger partial charge in [-0.1, -0.05) is 26.0 Å². The van der Waals surface area contributed by atoms with Crippen molar-refractivity contribution in [2.75, 3.05) is 38.1 Å². The van der Waals surface area contributed by atoms with Crippen LogP contribution in [0.4, 0.5) is 5.69 Å². The fourth-order valence-corrected chi connectivity index (χ4v) is 4.39. The van der Waals surface area contributed by atoms with Crippen molar-refractivity contribution in [3.05, 3.63) is 24.3 Å². The summed E-state index contributed by atoms with van der Waals surface area (Å²) in [6.07, 6.45) is 0.188. The first kappa shape index (κ1) is 19.2. The first-order valence-electron chi connectivity index (χ1n) is 9.18. The summed E-state index contributed by atoms with van der Waals surface area (Å²) in [6.45, 7) is 8.43. The minimum Gasteiger partial charge on any atom is -0.374 e. The monoisotopic (exact) mass is 377 g/mol. The zero-order valence-electron chi connectivity index (χ0n) is 15.4. The average molecular weight is 378 g/mol. The molecule has 2 aliphatic rings. The van der Waals surface area contributed by atoms with Crippen molar-refractivity contribution in [1.82, 2.24) is 10.2 Å². The van der Waals surface area contributed by atoms with E-state index in [9.17, 15) is 9.59 Å². The number of thioether (sulfide) groups is 1. The third-order valence-electron chi connectivity index (χ3n) is 4.45. The van der Waals surface area contributed by atoms with Crippen LogP contribution in [0.25, 0.3) is 0 Å². The Morgan fingerprint density at radius 1 is 1.42 bits per heavy atom. The summed E-state index contributed by atoms with van der Waals surface area (Å²) >= 11 is 1.45. The molecule has 0 radical (unpaired) electrons. The maximum Gasteiger partial charge on any atom is 0.238 e. The van der Waals surface area contributed by atoms with Crippen molar-refractivity contribution in [1.29, 1.82) is 0 Å². The molecule has 142 valence electrons. The van der Waals surface area contributed by atoms with Gasteiger partial charge in [0.05, 0.1) is 23.6 Å². The lowest BCUT2D eigenvalue weighted by molar-refractivity contribution is -0.124. The van der Waals surface area contributed by atoms with E-state index >= 15 is 0 Å². The van der Waals surface area contributed by atoms with Crippen molar-refractivity contribution in [2.24, 2.45) is 5.92 Å². The molecule has 1 fully saturated rings. The molecule has 2 amide bonds. The first-order valence-corrected chi connectivity index (χ1v) is 10.1. The number of morpholine rings is 1. The van der Waals surface area contributed by atoms with Gasteiger partial charge in [-0.2, -0.15) is 0 Å². The van der Waals surface area contributed by atoms with Gasteiger partial charge in [0.25, 0.3) is 0 Å². The van der Waals surface area contributed by atoms with E-state index in [0.29, 0.717) is 19.1 Å². The molecule has 1 aromatic carbocycles. The van der Waals surface area contributed by atoms with E-state index in [2.05, 4.69) is 29.4 Å². The molecule has 7 heteroatoms. The van der Waals surface area contributed by atoms with Crippen molar-refractivity contribution >= 4 is 29.3 Å². The molecule has 3 rings (SSSR count). The second-order valence-corrected chi connectivity index (χ2v) is 8.49. The van der Waals surface area contributed by atoms with E-state index in [0.717, 1.165) is 30.2 Å². The Morgan fingerprint density at radius 2 is 2.23 bits per heavy atom. The van der Waals surface area contributed by atoms with Gasteiger partial charge >= 0.3 is 0 Å². The zero-order valence-corrected chi connectivity index (χ0v) is 16.2. The highest BCUT2D eigenvalue weighted by molar-refractivity contribution is 8.01. The predicted octanol–water partition coefficient (Wildman–Crippen LogP) is 1.96. The Hall–Kier alpha value is -1.57. The first-order chi connectivity index (χ1) is 12.5. The smallest absolute Gasteiger partial charge is 0.238 e. The lowest BCUT2D eigenvalue weighted by atomic mass is 10.1. The van der Waals surface area contributed by atoms with Gasteiger partial charge in [0.1, 0.15) is 0 Å². The Morgan fingerprint density at radius 3 is 3.04 bits per heavy atom. The van der Waals surface area contributed by atoms with Gasteiger partial charge in [0.2, 0.25) is 11.8 Å². The number of ether oxygens (including phenoxy) is 1. The lowest BCUT2D eigenvalue weighted by Gasteiger charge is -2.34. The van der Waals surface area contributed by atoms with Crippen LogP contribution >= 0.6 is 11.8 Å². The molecule has 1 saturated heterocycles. The number of para-hydroxylation sites is 1. The molecule has 0 aliphatic carbocycles. The fraction of sp³-hybridized carbons (Fsp3) is 0.579. The molecule has 1 aromatic rings. The molecule has 0 aromatic heterocycles. The molecule has 6 nitrogen and oxygen atoms in total. The number of benzene rings is 1. The van der Waals surface area contributed by atoms with Crippen molar-refractivity contribution in [3.63, 3.8) is 0 Å². The Bertz CT molecular complexity index is 653. The van der Waals surface area contributed by atoms with Crippen molar-refractivity contribution in [2.45, 2.75) is 36.5 Å². The van der Waals surface area contributed by atoms with Gasteiger partial charge in [-0.3, -0.25) is 14.5 Å². The summed E-state index contributed by atoms with van der Waals surface area (Å²) in [5.41, 5.74) is 0.819. The second-order valence-electron chi connectivity index (χ2n) is 7.25. The number of nitrogens with one attached hydrogen (secondary N) is 2. The van der Waals surface area contributed by atoms with Crippen molar-refractivity contribution < 1.29 is 14.3 Å². The number of fused-ring (bicyclic) bond motifs is 1. The van der Waals surface area contributed by atoms with E-state index in [-0.39, 0.29) is 24.3 Å². The number of anilines is 1. The van der Waals surface area contributed by atoms with Gasteiger partial charge in [0, 0.05) is 37.5 Å². The topological polar surface area (TPSA) is 70.7 Å². The maximum atomic E-state index is 12.3. The minimum absolute atomic E-state index is 0.0139. The highest BCUT2D eigenvalue weighted by atomic mass is 32.2. The molecular formula is C19H27N3O3S. The molecule has 0 saturated carbocycles. The van der Waals surface area contributed by atoms with Crippen LogP contribution in [0.1, 0.15) is 20.3 Å². The number of carbonyl (C=O) groups is 2. The minimum atomic E-state index is -0.394. The zero-order chi connectivity index (χ0) is 18.5. The number of rotatable bonds is 6. The molecule has 2 atom stereocenters. The van der Waals surface area contributed by atoms with E-state index < -0.39 is 5.25 Å². The summed E-state index contributed by atoms with van der Waals surface area (Å²) in [5, 5.41) is 5.41. The normalized spacial score (nSPS) is 23.4. The van der Waals surface area contributed by atoms with Gasteiger partial charge in [0.15, 0.2) is 0 Å². The average Bonchev–Trinajstić information content (AvgIpc) is 2.60. The van der Waals surface area contributed by atoms with Crippen LogP contribution in [0, 0.1) is 5.92 Å². The van der Waals surface area contributed by atoms with Crippen molar-refractivity contribution in [3.8, 4) is 0 Å². The quantitative estimate of drug-likeness (QED) is 0.793. The molecule has 2 N–H and O–H groups in total. The number of amides is 2. The van der Waals surface area contributed by atoms with E-state index in [4.69, 9.17) is 4.74 Å². The van der Waals surface area contributed by atoms with Gasteiger partial charge < -0.3 is 15.4 Å². The van der Waals surface area contributed by atoms with Crippen LogP contribution < -0.4 is 10.6 Å². The number of hydrogen-bond acceptors (Lipinski definition) is 5. The van der Waals surface area contributed by atoms with Crippen LogP contribution in [-0.4, -0.2) is 60.9 Å². The Kier molecular flexibility index (Phi) is 6.56. The van der Waals surface area contributed by atoms with Crippen LogP contribution in [-0.2, 0) is 14.3 Å². The fourth-order valence-electron chi connectivity index (χ4n) is 3.28. The molecule has 2 aliphatic heterocycles. The van der Waals surface area contributed by atoms with Crippen LogP contribution in [0.5, 0.6) is 0 Å². The number of hydrogen-bond donors (Lipinski definition) is 2. The summed E-state index contributed by atoms with van der Waals surface area (Å²) in [4.78, 5) is 27.9. The van der Waals surface area contributed by atoms with Gasteiger partial charge in [-0.15, -0.1) is 11.8 Å². The summed E-state index contributed by atoms with van der Waals surface area (Å²) in [7, 11) is 0. The predicted molar refractivity (Wildman–Crippen MR) is 103 cm³/mol. The van der Waals surface area contributed by atoms with Crippen LogP contribution in [0.15, 0.2) is 29.2 Å². The number of nitrogens with zero attached hydrogens (tertiary/aromatic N) is 1. The Labute approximate surface area is 159 Å². The van der Waals surface area contributed by atoms with E-state index in [1.54, 1.807) is 0 Å². The summed E-state index contributed by atoms with van der Waals surface area (Å²) in [6, 6.07) is 7.66. The van der Waals surface area contributed by atoms with Crippen LogP contribution in [0.2, 0.25) is 0 Å². The molecule has 0 spiro atoms. The van der Waals surface area contributed by atoms with Crippen LogP contribution in [0.3, 0.4) is 0 Å². The molecular weight excluding hydrogens is 350 g/mol. The Balaban J connectivity index is 1.45. The lowest BCUT2D eigenvalue weighted by Crippen LogP contribution is -2.48. The molecule has 2 unspecified atom stereocenters. The standard InChI is InChI=1S/C19H27N3O3S/c1-13(2)11-22-7-8-25-14(12-22)10-20-18(23)9-17-19(24)21-15-5-3-4-6-16(15)26-17/h3-6,13-14,17H,7-12H2,1-2H3,(H,20,23)(H,21,24). The third kappa shape index (κ3) is 5.22. The molecule has 0 bridgehead atoms. The maximum absolute atomic E-state index is 12.3. The summed E-state index contributed by atoms with van der Waals surface area (Å²) < 4.78 is 5.76. The highest BCUT2D eigenvalue weighted by Gasteiger charge is 2.29. The summed E-state index contributed by atoms with van der Waals surface area (Å²) in [5.74, 6) is 0.399. The molecule has 2 heterocycles.